The molecule has 3 rings (SSSR count). The average Bonchev–Trinajstić information content (AvgIpc) is 2.61. The van der Waals surface area contributed by atoms with E-state index in [2.05, 4.69) is 10.0 Å². The van der Waals surface area contributed by atoms with Crippen LogP contribution in [0, 0.1) is 20.8 Å². The summed E-state index contributed by atoms with van der Waals surface area (Å²) in [7, 11) is -3.83. The molecule has 3 aromatic rings. The number of benzene rings is 3. The number of carbonyl (C=O) groups excluding carboxylic acids is 1. The molecule has 2 N–H and O–H groups in total. The summed E-state index contributed by atoms with van der Waals surface area (Å²) < 4.78 is 28.3. The Labute approximate surface area is 165 Å². The second-order valence-electron chi connectivity index (χ2n) is 6.78. The first-order valence-corrected chi connectivity index (χ1v) is 10.3. The molecule has 3 aromatic carbocycles. The highest BCUT2D eigenvalue weighted by atomic mass is 32.2. The minimum Gasteiger partial charge on any atom is -0.322 e. The van der Waals surface area contributed by atoms with Crippen molar-refractivity contribution in [2.24, 2.45) is 0 Å². The third-order valence-electron chi connectivity index (χ3n) is 4.29. The Bertz CT molecular complexity index is 1140. The summed E-state index contributed by atoms with van der Waals surface area (Å²) in [4.78, 5) is 12.7. The fraction of sp³-hybridized carbons (Fsp3) is 0.136. The van der Waals surface area contributed by atoms with Crippen molar-refractivity contribution in [2.45, 2.75) is 25.7 Å². The van der Waals surface area contributed by atoms with Gasteiger partial charge in [0.25, 0.3) is 15.9 Å². The number of rotatable bonds is 5. The van der Waals surface area contributed by atoms with Gasteiger partial charge in [0.15, 0.2) is 0 Å². The largest absolute Gasteiger partial charge is 0.322 e. The lowest BCUT2D eigenvalue weighted by molar-refractivity contribution is 0.102. The van der Waals surface area contributed by atoms with Gasteiger partial charge in [-0.25, -0.2) is 8.42 Å². The zero-order chi connectivity index (χ0) is 20.3. The van der Waals surface area contributed by atoms with Gasteiger partial charge in [-0.2, -0.15) is 0 Å². The molecule has 0 atom stereocenters. The van der Waals surface area contributed by atoms with Crippen LogP contribution in [0.15, 0.2) is 71.6 Å². The molecule has 0 saturated carbocycles. The van der Waals surface area contributed by atoms with Crippen molar-refractivity contribution in [2.75, 3.05) is 10.0 Å². The second-order valence-corrected chi connectivity index (χ2v) is 8.43. The summed E-state index contributed by atoms with van der Waals surface area (Å²) in [5.41, 5.74) is 3.95. The van der Waals surface area contributed by atoms with Crippen LogP contribution in [-0.2, 0) is 10.0 Å². The van der Waals surface area contributed by atoms with Gasteiger partial charge in [0, 0.05) is 16.9 Å². The predicted octanol–water partition coefficient (Wildman–Crippen LogP) is 4.66. The monoisotopic (exact) mass is 394 g/mol. The zero-order valence-electron chi connectivity index (χ0n) is 16.0. The minimum absolute atomic E-state index is 0.0749. The van der Waals surface area contributed by atoms with E-state index < -0.39 is 10.0 Å². The number of aryl methyl sites for hydroxylation is 3. The van der Waals surface area contributed by atoms with Crippen LogP contribution in [0.5, 0.6) is 0 Å². The van der Waals surface area contributed by atoms with Gasteiger partial charge in [0.2, 0.25) is 0 Å². The maximum atomic E-state index is 12.9. The number of amides is 1. The molecule has 144 valence electrons. The van der Waals surface area contributed by atoms with Crippen LogP contribution in [0.1, 0.15) is 27.0 Å². The van der Waals surface area contributed by atoms with Crippen molar-refractivity contribution >= 4 is 27.3 Å². The lowest BCUT2D eigenvalue weighted by atomic mass is 10.1. The van der Waals surface area contributed by atoms with Crippen LogP contribution >= 0.6 is 0 Å². The Morgan fingerprint density at radius 1 is 0.786 bits per heavy atom. The lowest BCUT2D eigenvalue weighted by Crippen LogP contribution is -2.17. The highest BCUT2D eigenvalue weighted by Crippen LogP contribution is 2.22. The molecule has 1 amide bonds. The fourth-order valence-electron chi connectivity index (χ4n) is 2.88. The molecule has 0 aliphatic rings. The van der Waals surface area contributed by atoms with Crippen molar-refractivity contribution < 1.29 is 13.2 Å². The summed E-state index contributed by atoms with van der Waals surface area (Å²) in [6.07, 6.45) is 0. The molecule has 0 aliphatic heterocycles. The molecule has 0 unspecified atom stereocenters. The SMILES string of the molecule is Cc1cccc(NC(=O)c2ccc(C)c(S(=O)(=O)Nc3cccc(C)c3)c2)c1. The van der Waals surface area contributed by atoms with Crippen molar-refractivity contribution in [3.63, 3.8) is 0 Å². The van der Waals surface area contributed by atoms with Crippen LogP contribution in [0.4, 0.5) is 11.4 Å². The first-order valence-electron chi connectivity index (χ1n) is 8.83. The third kappa shape index (κ3) is 4.58. The Hall–Kier alpha value is -3.12. The van der Waals surface area contributed by atoms with E-state index in [-0.39, 0.29) is 16.4 Å². The van der Waals surface area contributed by atoms with E-state index in [4.69, 9.17) is 0 Å². The normalized spacial score (nSPS) is 11.1. The maximum absolute atomic E-state index is 12.9. The number of nitrogens with one attached hydrogen (secondary N) is 2. The number of carbonyl (C=O) groups is 1. The molecule has 0 radical (unpaired) electrons. The van der Waals surface area contributed by atoms with E-state index in [0.29, 0.717) is 16.9 Å². The van der Waals surface area contributed by atoms with Crippen molar-refractivity contribution in [1.29, 1.82) is 0 Å². The van der Waals surface area contributed by atoms with Gasteiger partial charge in [-0.3, -0.25) is 9.52 Å². The number of hydrogen-bond acceptors (Lipinski definition) is 3. The second kappa shape index (κ2) is 7.86. The smallest absolute Gasteiger partial charge is 0.262 e. The van der Waals surface area contributed by atoms with E-state index in [9.17, 15) is 13.2 Å². The zero-order valence-corrected chi connectivity index (χ0v) is 16.8. The van der Waals surface area contributed by atoms with Crippen LogP contribution in [-0.4, -0.2) is 14.3 Å². The minimum atomic E-state index is -3.83. The molecule has 0 saturated heterocycles. The van der Waals surface area contributed by atoms with Gasteiger partial charge in [0.05, 0.1) is 4.90 Å². The number of anilines is 2. The quantitative estimate of drug-likeness (QED) is 0.661. The van der Waals surface area contributed by atoms with Crippen molar-refractivity contribution in [1.82, 2.24) is 0 Å². The Morgan fingerprint density at radius 3 is 2.04 bits per heavy atom. The molecule has 0 heterocycles. The Balaban J connectivity index is 1.89. The van der Waals surface area contributed by atoms with Gasteiger partial charge >= 0.3 is 0 Å². The van der Waals surface area contributed by atoms with Gasteiger partial charge in [-0.15, -0.1) is 0 Å². The molecule has 6 heteroatoms. The molecule has 28 heavy (non-hydrogen) atoms. The van der Waals surface area contributed by atoms with E-state index in [1.54, 1.807) is 43.3 Å². The third-order valence-corrected chi connectivity index (χ3v) is 5.81. The molecule has 5 nitrogen and oxygen atoms in total. The average molecular weight is 394 g/mol. The lowest BCUT2D eigenvalue weighted by Gasteiger charge is -2.13. The van der Waals surface area contributed by atoms with Crippen LogP contribution < -0.4 is 10.0 Å². The highest BCUT2D eigenvalue weighted by Gasteiger charge is 2.19. The maximum Gasteiger partial charge on any atom is 0.262 e. The fourth-order valence-corrected chi connectivity index (χ4v) is 4.20. The Kier molecular flexibility index (Phi) is 5.51. The number of sulfonamides is 1. The van der Waals surface area contributed by atoms with Crippen LogP contribution in [0.2, 0.25) is 0 Å². The van der Waals surface area contributed by atoms with E-state index in [0.717, 1.165) is 11.1 Å². The molecule has 0 aliphatic carbocycles. The van der Waals surface area contributed by atoms with E-state index in [1.807, 2.05) is 38.1 Å². The summed E-state index contributed by atoms with van der Waals surface area (Å²) in [5.74, 6) is -0.363. The van der Waals surface area contributed by atoms with Crippen LogP contribution in [0.3, 0.4) is 0 Å². The van der Waals surface area contributed by atoms with E-state index >= 15 is 0 Å². The van der Waals surface area contributed by atoms with E-state index in [1.165, 1.54) is 6.07 Å². The Morgan fingerprint density at radius 2 is 1.39 bits per heavy atom. The van der Waals surface area contributed by atoms with Gasteiger partial charge in [-0.05, 0) is 73.9 Å². The molecule has 0 bridgehead atoms. The molecule has 0 aromatic heterocycles. The van der Waals surface area contributed by atoms with Crippen LogP contribution in [0.25, 0.3) is 0 Å². The summed E-state index contributed by atoms with van der Waals surface area (Å²) in [6, 6.07) is 19.2. The standard InChI is InChI=1S/C22H22N2O3S/c1-15-6-4-8-19(12-15)23-22(25)18-11-10-17(3)21(14-18)28(26,27)24-20-9-5-7-16(2)13-20/h4-14,24H,1-3H3,(H,23,25). The molecule has 0 fully saturated rings. The van der Waals surface area contributed by atoms with Crippen molar-refractivity contribution in [3.05, 3.63) is 89.0 Å². The number of hydrogen-bond donors (Lipinski definition) is 2. The van der Waals surface area contributed by atoms with Gasteiger partial charge in [0.1, 0.15) is 0 Å². The van der Waals surface area contributed by atoms with Gasteiger partial charge < -0.3 is 5.32 Å². The molecular weight excluding hydrogens is 372 g/mol. The van der Waals surface area contributed by atoms with Gasteiger partial charge in [-0.1, -0.05) is 30.3 Å². The van der Waals surface area contributed by atoms with Crippen molar-refractivity contribution in [3.8, 4) is 0 Å². The molecular formula is C22H22N2O3S. The molecule has 0 spiro atoms. The first-order chi connectivity index (χ1) is 13.2. The summed E-state index contributed by atoms with van der Waals surface area (Å²) in [6.45, 7) is 5.52. The topological polar surface area (TPSA) is 75.3 Å². The summed E-state index contributed by atoms with van der Waals surface area (Å²) in [5, 5.41) is 2.80. The predicted molar refractivity (Wildman–Crippen MR) is 112 cm³/mol. The summed E-state index contributed by atoms with van der Waals surface area (Å²) >= 11 is 0. The first kappa shape index (κ1) is 19.6. The highest BCUT2D eigenvalue weighted by molar-refractivity contribution is 7.92.